The molecule has 1 aromatic rings. The highest BCUT2D eigenvalue weighted by molar-refractivity contribution is 7.85. The average molecular weight is 203 g/mol. The smallest absolute Gasteiger partial charge is 0.124 e. The first-order valence-corrected chi connectivity index (χ1v) is 4.84. The Bertz CT molecular complexity index is 378. The fourth-order valence-electron chi connectivity index (χ4n) is 1.08. The quantitative estimate of drug-likeness (QED) is 0.702. The molecule has 0 saturated carbocycles. The Labute approximate surface area is 77.9 Å². The summed E-state index contributed by atoms with van der Waals surface area (Å²) in [6.07, 6.45) is 0. The summed E-state index contributed by atoms with van der Waals surface area (Å²) in [6.45, 7) is 3.50. The molecule has 0 bridgehead atoms. The topological polar surface area (TPSA) is 93.7 Å². The number of hydrogen-bond donors (Lipinski definition) is 1. The van der Waals surface area contributed by atoms with Gasteiger partial charge in [-0.2, -0.15) is 0 Å². The van der Waals surface area contributed by atoms with Crippen molar-refractivity contribution in [3.8, 4) is 0 Å². The van der Waals surface area contributed by atoms with E-state index < -0.39 is 10.1 Å². The van der Waals surface area contributed by atoms with E-state index in [0.717, 1.165) is 11.1 Å². The minimum Gasteiger partial charge on any atom is -0.744 e. The highest BCUT2D eigenvalue weighted by atomic mass is 32.2. The summed E-state index contributed by atoms with van der Waals surface area (Å²) in [6, 6.07) is 4.55. The molecule has 1 aromatic carbocycles. The lowest BCUT2D eigenvalue weighted by Gasteiger charge is -2.08. The van der Waals surface area contributed by atoms with Crippen LogP contribution in [-0.2, 0) is 10.1 Å². The molecule has 0 heterocycles. The van der Waals surface area contributed by atoms with Crippen LogP contribution in [0.5, 0.6) is 0 Å². The van der Waals surface area contributed by atoms with Crippen LogP contribution in [-0.4, -0.2) is 13.0 Å². The molecule has 4 nitrogen and oxygen atoms in total. The Morgan fingerprint density at radius 1 is 1.08 bits per heavy atom. The predicted octanol–water partition coefficient (Wildman–Crippen LogP) is 1.58. The lowest BCUT2D eigenvalue weighted by molar-refractivity contribution is 0.463. The molecule has 1 rings (SSSR count). The standard InChI is InChI=1S/C8H10O3S.H3N/c1-6-3-7(2)5-8(4-6)12(9,10)11;/h3-5H,1-2H3,(H,9,10,11);1H3. The van der Waals surface area contributed by atoms with E-state index in [0.29, 0.717) is 0 Å². The van der Waals surface area contributed by atoms with E-state index in [1.165, 1.54) is 12.1 Å². The molecule has 0 spiro atoms. The minimum atomic E-state index is -4.30. The van der Waals surface area contributed by atoms with Crippen molar-refractivity contribution in [2.24, 2.45) is 0 Å². The number of aryl methyl sites for hydroxylation is 2. The van der Waals surface area contributed by atoms with Crippen LogP contribution in [0.1, 0.15) is 11.1 Å². The Morgan fingerprint density at radius 2 is 1.46 bits per heavy atom. The number of benzene rings is 1. The maximum Gasteiger partial charge on any atom is 0.124 e. The van der Waals surface area contributed by atoms with Crippen LogP contribution in [0, 0.1) is 13.8 Å². The molecular formula is C8H13NO3S. The van der Waals surface area contributed by atoms with Gasteiger partial charge in [-0.05, 0) is 37.1 Å². The minimum absolute atomic E-state index is 0. The molecule has 0 aromatic heterocycles. The van der Waals surface area contributed by atoms with E-state index in [9.17, 15) is 13.0 Å². The van der Waals surface area contributed by atoms with Gasteiger partial charge in [0.2, 0.25) is 0 Å². The first-order chi connectivity index (χ1) is 5.39. The van der Waals surface area contributed by atoms with Crippen molar-refractivity contribution in [1.29, 1.82) is 0 Å². The summed E-state index contributed by atoms with van der Waals surface area (Å²) in [5.41, 5.74) is 1.56. The van der Waals surface area contributed by atoms with Gasteiger partial charge in [-0.15, -0.1) is 0 Å². The third-order valence-electron chi connectivity index (χ3n) is 1.48. The third kappa shape index (κ3) is 3.14. The summed E-state index contributed by atoms with van der Waals surface area (Å²) in [4.78, 5) is -0.153. The lowest BCUT2D eigenvalue weighted by atomic mass is 10.2. The molecule has 74 valence electrons. The molecule has 0 aliphatic rings. The second kappa shape index (κ2) is 3.87. The molecule has 0 aliphatic carbocycles. The largest absolute Gasteiger partial charge is 0.744 e. The Hall–Kier alpha value is -0.910. The second-order valence-electron chi connectivity index (χ2n) is 2.78. The molecule has 0 fully saturated rings. The van der Waals surface area contributed by atoms with Gasteiger partial charge >= 0.3 is 0 Å². The molecule has 0 radical (unpaired) electrons. The van der Waals surface area contributed by atoms with E-state index in [2.05, 4.69) is 0 Å². The highest BCUT2D eigenvalue weighted by Crippen LogP contribution is 2.13. The Balaban J connectivity index is 0.00000144. The van der Waals surface area contributed by atoms with Crippen LogP contribution >= 0.6 is 0 Å². The first-order valence-electron chi connectivity index (χ1n) is 3.44. The van der Waals surface area contributed by atoms with Gasteiger partial charge in [0.1, 0.15) is 10.1 Å². The molecule has 5 heteroatoms. The molecule has 13 heavy (non-hydrogen) atoms. The van der Waals surface area contributed by atoms with E-state index >= 15 is 0 Å². The van der Waals surface area contributed by atoms with Crippen LogP contribution < -0.4 is 6.15 Å². The van der Waals surface area contributed by atoms with Crippen LogP contribution in [0.2, 0.25) is 0 Å². The van der Waals surface area contributed by atoms with Crippen molar-refractivity contribution in [2.45, 2.75) is 18.7 Å². The summed E-state index contributed by atoms with van der Waals surface area (Å²) < 4.78 is 31.7. The predicted molar refractivity (Wildman–Crippen MR) is 49.9 cm³/mol. The lowest BCUT2D eigenvalue weighted by Crippen LogP contribution is -1.99. The molecule has 0 saturated heterocycles. The Kier molecular flexibility index (Phi) is 3.60. The first kappa shape index (κ1) is 12.1. The second-order valence-corrected chi connectivity index (χ2v) is 4.16. The SMILES string of the molecule is Cc1cc(C)cc(S(=O)(=O)[O-])c1.[NH4+]. The summed E-state index contributed by atoms with van der Waals surface area (Å²) in [5.74, 6) is 0. The van der Waals surface area contributed by atoms with Crippen LogP contribution in [0.15, 0.2) is 23.1 Å². The van der Waals surface area contributed by atoms with E-state index in [1.807, 2.05) is 6.07 Å². The molecule has 4 N–H and O–H groups in total. The van der Waals surface area contributed by atoms with Crippen molar-refractivity contribution in [3.05, 3.63) is 29.3 Å². The van der Waals surface area contributed by atoms with Crippen molar-refractivity contribution in [3.63, 3.8) is 0 Å². The molecule has 0 atom stereocenters. The molecule has 0 aliphatic heterocycles. The molecule has 0 unspecified atom stereocenters. The van der Waals surface area contributed by atoms with Gasteiger partial charge in [0.25, 0.3) is 0 Å². The van der Waals surface area contributed by atoms with Crippen molar-refractivity contribution < 1.29 is 13.0 Å². The maximum atomic E-state index is 10.6. The fourth-order valence-corrected chi connectivity index (χ4v) is 1.74. The normalized spacial score (nSPS) is 10.7. The van der Waals surface area contributed by atoms with Gasteiger partial charge in [0.05, 0.1) is 4.90 Å². The van der Waals surface area contributed by atoms with E-state index in [1.54, 1.807) is 13.8 Å². The van der Waals surface area contributed by atoms with E-state index in [4.69, 9.17) is 0 Å². The van der Waals surface area contributed by atoms with Crippen LogP contribution in [0.4, 0.5) is 0 Å². The van der Waals surface area contributed by atoms with Gasteiger partial charge in [0.15, 0.2) is 0 Å². The van der Waals surface area contributed by atoms with Crippen molar-refractivity contribution >= 4 is 10.1 Å². The molecular weight excluding hydrogens is 190 g/mol. The maximum absolute atomic E-state index is 10.6. The fraction of sp³-hybridized carbons (Fsp3) is 0.250. The van der Waals surface area contributed by atoms with Crippen molar-refractivity contribution in [1.82, 2.24) is 6.15 Å². The van der Waals surface area contributed by atoms with Crippen LogP contribution in [0.25, 0.3) is 0 Å². The monoisotopic (exact) mass is 203 g/mol. The van der Waals surface area contributed by atoms with Crippen LogP contribution in [0.3, 0.4) is 0 Å². The molecule has 0 amide bonds. The summed E-state index contributed by atoms with van der Waals surface area (Å²) in [5, 5.41) is 0. The number of rotatable bonds is 1. The summed E-state index contributed by atoms with van der Waals surface area (Å²) in [7, 11) is -4.30. The number of quaternary nitrogens is 1. The van der Waals surface area contributed by atoms with Gasteiger partial charge in [-0.3, -0.25) is 0 Å². The zero-order valence-corrected chi connectivity index (χ0v) is 8.68. The average Bonchev–Trinajstić information content (AvgIpc) is 1.82. The highest BCUT2D eigenvalue weighted by Gasteiger charge is 2.01. The van der Waals surface area contributed by atoms with Gasteiger partial charge in [0, 0.05) is 0 Å². The zero-order chi connectivity index (χ0) is 9.35. The number of hydrogen-bond acceptors (Lipinski definition) is 3. The van der Waals surface area contributed by atoms with Crippen molar-refractivity contribution in [2.75, 3.05) is 0 Å². The van der Waals surface area contributed by atoms with Gasteiger partial charge < -0.3 is 10.7 Å². The zero-order valence-electron chi connectivity index (χ0n) is 7.87. The van der Waals surface area contributed by atoms with Gasteiger partial charge in [-0.1, -0.05) is 6.07 Å². The van der Waals surface area contributed by atoms with Gasteiger partial charge in [-0.25, -0.2) is 8.42 Å². The van der Waals surface area contributed by atoms with E-state index in [-0.39, 0.29) is 11.0 Å². The third-order valence-corrected chi connectivity index (χ3v) is 2.30. The summed E-state index contributed by atoms with van der Waals surface area (Å²) >= 11 is 0. The Morgan fingerprint density at radius 3 is 1.77 bits per heavy atom.